The van der Waals surface area contributed by atoms with E-state index in [0.717, 1.165) is 31.1 Å². The highest BCUT2D eigenvalue weighted by atomic mass is 16.1. The summed E-state index contributed by atoms with van der Waals surface area (Å²) in [6.07, 6.45) is 10.6. The van der Waals surface area contributed by atoms with Crippen LogP contribution < -0.4 is 0 Å². The molecule has 0 N–H and O–H groups in total. The third kappa shape index (κ3) is 10.9. The molecule has 0 aliphatic heterocycles. The minimum atomic E-state index is -0.154. The number of carbonyl (C=O) groups is 2. The molecule has 0 heterocycles. The van der Waals surface area contributed by atoms with Crippen LogP contribution in [-0.2, 0) is 9.59 Å². The van der Waals surface area contributed by atoms with Gasteiger partial charge in [-0.1, -0.05) is 90.5 Å². The Balaban J connectivity index is 0.000000623. The van der Waals surface area contributed by atoms with E-state index in [1.807, 2.05) is 41.5 Å². The highest BCUT2D eigenvalue weighted by molar-refractivity contribution is 5.86. The maximum absolute atomic E-state index is 12.2. The highest BCUT2D eigenvalue weighted by Crippen LogP contribution is 2.42. The predicted octanol–water partition coefficient (Wildman–Crippen LogP) is 9.93. The fourth-order valence-electron chi connectivity index (χ4n) is 5.63. The lowest BCUT2D eigenvalue weighted by Crippen LogP contribution is -2.33. The lowest BCUT2D eigenvalue weighted by Gasteiger charge is -2.38. The second kappa shape index (κ2) is 12.5. The monoisotopic (exact) mass is 478 g/mol. The molecule has 2 nitrogen and oxygen atoms in total. The van der Waals surface area contributed by atoms with Gasteiger partial charge >= 0.3 is 0 Å². The molecule has 2 aliphatic rings. The van der Waals surface area contributed by atoms with Crippen LogP contribution in [0.2, 0.25) is 0 Å². The quantitative estimate of drug-likeness (QED) is 0.404. The lowest BCUT2D eigenvalue weighted by atomic mass is 9.67. The van der Waals surface area contributed by atoms with Gasteiger partial charge in [0.05, 0.1) is 0 Å². The zero-order valence-corrected chi connectivity index (χ0v) is 24.5. The molecule has 0 unspecified atom stereocenters. The van der Waals surface area contributed by atoms with Crippen LogP contribution in [0, 0.1) is 45.3 Å². The average Bonchev–Trinajstić information content (AvgIpc) is 2.65. The van der Waals surface area contributed by atoms with E-state index >= 15 is 0 Å². The highest BCUT2D eigenvalue weighted by Gasteiger charge is 2.36. The molecule has 0 aromatic carbocycles. The Morgan fingerprint density at radius 1 is 0.559 bits per heavy atom. The van der Waals surface area contributed by atoms with Gasteiger partial charge in [0.1, 0.15) is 11.6 Å². The van der Waals surface area contributed by atoms with Gasteiger partial charge in [-0.2, -0.15) is 0 Å². The summed E-state index contributed by atoms with van der Waals surface area (Å²) in [6.45, 7) is 26.3. The molecule has 0 bridgehead atoms. The predicted molar refractivity (Wildman–Crippen MR) is 150 cm³/mol. The first-order chi connectivity index (χ1) is 14.7. The Bertz CT molecular complexity index is 614. The van der Waals surface area contributed by atoms with E-state index in [1.165, 1.54) is 38.5 Å². The summed E-state index contributed by atoms with van der Waals surface area (Å²) in [4.78, 5) is 24.2. The normalized spacial score (nSPS) is 26.6. The molecule has 0 radical (unpaired) electrons. The van der Waals surface area contributed by atoms with Gasteiger partial charge in [0.15, 0.2) is 0 Å². The van der Waals surface area contributed by atoms with Gasteiger partial charge in [-0.3, -0.25) is 9.59 Å². The van der Waals surface area contributed by atoms with Crippen LogP contribution in [0.3, 0.4) is 0 Å². The van der Waals surface area contributed by atoms with E-state index in [9.17, 15) is 9.59 Å². The third-order valence-corrected chi connectivity index (χ3v) is 8.44. The van der Waals surface area contributed by atoms with Gasteiger partial charge in [0, 0.05) is 23.2 Å². The Hall–Kier alpha value is -0.660. The number of carbonyl (C=O) groups excluding carboxylic acids is 2. The fourth-order valence-corrected chi connectivity index (χ4v) is 5.63. The summed E-state index contributed by atoms with van der Waals surface area (Å²) < 4.78 is 0. The molecule has 0 aromatic heterocycles. The smallest absolute Gasteiger partial charge is 0.141 e. The minimum absolute atomic E-state index is 0. The van der Waals surface area contributed by atoms with Crippen molar-refractivity contribution in [3.63, 3.8) is 0 Å². The van der Waals surface area contributed by atoms with Gasteiger partial charge in [-0.25, -0.2) is 0 Å². The number of Topliss-reactive ketones (excluding diaryl/α,β-unsaturated/α-hetero) is 2. The number of rotatable bonds is 3. The Morgan fingerprint density at radius 2 is 0.912 bits per heavy atom. The molecule has 2 rings (SSSR count). The number of hydrogen-bond acceptors (Lipinski definition) is 2. The van der Waals surface area contributed by atoms with E-state index in [-0.39, 0.29) is 18.3 Å². The third-order valence-electron chi connectivity index (χ3n) is 8.44. The van der Waals surface area contributed by atoms with Crippen molar-refractivity contribution < 1.29 is 9.59 Å². The molecule has 2 heteroatoms. The van der Waals surface area contributed by atoms with Crippen molar-refractivity contribution >= 4 is 11.6 Å². The van der Waals surface area contributed by atoms with Crippen molar-refractivity contribution in [2.75, 3.05) is 0 Å². The standard InChI is InChI=1S/C16H30O.C15H28O.CH4/c1-15(2,3)13-9-7-12(8-10-13)11-14(17)16(4,5)6;1-14(2,3)12-9-7-11(8-10-12)13(16)15(4,5)6;/h12-13H,7-11H2,1-6H3;11-12H,7-10H2,1-6H3;1H4. The first kappa shape index (κ1) is 33.3. The maximum atomic E-state index is 12.2. The van der Waals surface area contributed by atoms with E-state index in [1.54, 1.807) is 0 Å². The van der Waals surface area contributed by atoms with Crippen molar-refractivity contribution in [1.82, 2.24) is 0 Å². The van der Waals surface area contributed by atoms with Gasteiger partial charge < -0.3 is 0 Å². The zero-order valence-electron chi connectivity index (χ0n) is 24.5. The summed E-state index contributed by atoms with van der Waals surface area (Å²) in [5.41, 5.74) is 0.550. The molecule has 2 aliphatic carbocycles. The average molecular weight is 479 g/mol. The van der Waals surface area contributed by atoms with Crippen LogP contribution in [0.4, 0.5) is 0 Å². The molecule has 2 saturated carbocycles. The molecular formula is C32H62O2. The summed E-state index contributed by atoms with van der Waals surface area (Å²) in [5, 5.41) is 0. The second-order valence-electron chi connectivity index (χ2n) is 15.5. The largest absolute Gasteiger partial charge is 0.299 e. The minimum Gasteiger partial charge on any atom is -0.299 e. The Labute approximate surface area is 214 Å². The summed E-state index contributed by atoms with van der Waals surface area (Å²) in [7, 11) is 0. The van der Waals surface area contributed by atoms with Crippen LogP contribution in [0.1, 0.15) is 148 Å². The molecule has 0 aromatic rings. The molecule has 202 valence electrons. The van der Waals surface area contributed by atoms with Crippen molar-refractivity contribution in [3.8, 4) is 0 Å². The SMILES string of the molecule is C.CC(C)(C)C(=O)C1CCC(C(C)(C)C)CC1.CC(C)(C)C(=O)CC1CCC(C(C)(C)C)CC1. The summed E-state index contributed by atoms with van der Waals surface area (Å²) in [5.74, 6) is 3.55. The van der Waals surface area contributed by atoms with Crippen LogP contribution >= 0.6 is 0 Å². The summed E-state index contributed by atoms with van der Waals surface area (Å²) >= 11 is 0. The first-order valence-electron chi connectivity index (χ1n) is 13.8. The fraction of sp³-hybridized carbons (Fsp3) is 0.938. The van der Waals surface area contributed by atoms with E-state index < -0.39 is 0 Å². The lowest BCUT2D eigenvalue weighted by molar-refractivity contribution is -0.132. The molecule has 2 fully saturated rings. The molecule has 0 amide bonds. The topological polar surface area (TPSA) is 34.1 Å². The summed E-state index contributed by atoms with van der Waals surface area (Å²) in [6, 6.07) is 0. The number of ketones is 2. The molecular weight excluding hydrogens is 416 g/mol. The van der Waals surface area contributed by atoms with Crippen molar-refractivity contribution in [2.24, 2.45) is 45.3 Å². The van der Waals surface area contributed by atoms with E-state index in [0.29, 0.717) is 34.2 Å². The van der Waals surface area contributed by atoms with E-state index in [2.05, 4.69) is 41.5 Å². The van der Waals surface area contributed by atoms with Crippen molar-refractivity contribution in [2.45, 2.75) is 148 Å². The van der Waals surface area contributed by atoms with Crippen LogP contribution in [-0.4, -0.2) is 11.6 Å². The van der Waals surface area contributed by atoms with Crippen molar-refractivity contribution in [3.05, 3.63) is 0 Å². The maximum Gasteiger partial charge on any atom is 0.141 e. The van der Waals surface area contributed by atoms with Gasteiger partial charge in [0.2, 0.25) is 0 Å². The van der Waals surface area contributed by atoms with Crippen LogP contribution in [0.5, 0.6) is 0 Å². The van der Waals surface area contributed by atoms with Gasteiger partial charge in [0.25, 0.3) is 0 Å². The molecule has 34 heavy (non-hydrogen) atoms. The first-order valence-corrected chi connectivity index (χ1v) is 13.8. The second-order valence-corrected chi connectivity index (χ2v) is 15.5. The zero-order chi connectivity index (χ0) is 25.8. The van der Waals surface area contributed by atoms with Crippen LogP contribution in [0.15, 0.2) is 0 Å². The van der Waals surface area contributed by atoms with E-state index in [4.69, 9.17) is 0 Å². The number of hydrogen-bond donors (Lipinski definition) is 0. The molecule has 0 saturated heterocycles. The molecule has 0 spiro atoms. The van der Waals surface area contributed by atoms with Gasteiger partial charge in [-0.15, -0.1) is 0 Å². The molecule has 0 atom stereocenters. The van der Waals surface area contributed by atoms with Gasteiger partial charge in [-0.05, 0) is 80.0 Å². The van der Waals surface area contributed by atoms with Crippen LogP contribution in [0.25, 0.3) is 0 Å². The Kier molecular flexibility index (Phi) is 12.3. The van der Waals surface area contributed by atoms with Crippen molar-refractivity contribution in [1.29, 1.82) is 0 Å². The Morgan fingerprint density at radius 3 is 1.21 bits per heavy atom.